The fraction of sp³-hybridized carbons (Fsp3) is 0.917. The Labute approximate surface area is 124 Å². The quantitative estimate of drug-likeness (QED) is 0.351. The van der Waals surface area contributed by atoms with Crippen LogP contribution in [0.15, 0.2) is 0 Å². The predicted octanol–water partition coefficient (Wildman–Crippen LogP) is 1.18. The highest BCUT2D eigenvalue weighted by molar-refractivity contribution is 7.96. The summed E-state index contributed by atoms with van der Waals surface area (Å²) in [5, 5.41) is 18.6. The zero-order valence-electron chi connectivity index (χ0n) is 11.8. The highest BCUT2D eigenvalue weighted by atomic mass is 32.2. The lowest BCUT2D eigenvalue weighted by Gasteiger charge is -2.36. The molecule has 9 heteroatoms. The lowest BCUT2D eigenvalue weighted by molar-refractivity contribution is -0.777. The average molecular weight is 327 g/mol. The van der Waals surface area contributed by atoms with E-state index in [4.69, 9.17) is 4.74 Å². The third-order valence-electron chi connectivity index (χ3n) is 5.38. The number of aliphatic hydroxyl groups excluding tert-OH is 1. The normalized spacial score (nSPS) is 37.8. The molecule has 122 valence electrons. The van der Waals surface area contributed by atoms with Crippen molar-refractivity contribution in [1.82, 2.24) is 0 Å². The van der Waals surface area contributed by atoms with E-state index in [0.717, 1.165) is 6.42 Å². The molecule has 2 aliphatic rings. The average Bonchev–Trinajstić information content (AvgIpc) is 2.70. The molecular formula is C12H17F2O6S-. The molecule has 4 unspecified atom stereocenters. The van der Waals surface area contributed by atoms with Crippen molar-refractivity contribution in [2.24, 2.45) is 16.7 Å². The molecule has 2 aliphatic carbocycles. The second kappa shape index (κ2) is 5.31. The minimum absolute atomic E-state index is 0.195. The van der Waals surface area contributed by atoms with Gasteiger partial charge < -0.3 is 15.1 Å². The van der Waals surface area contributed by atoms with Gasteiger partial charge >= 0.3 is 11.2 Å². The number of carbonyl (C=O) groups is 1. The molecule has 2 bridgehead atoms. The smallest absolute Gasteiger partial charge is 0.415 e. The molecule has 1 N–H and O–H groups in total. The van der Waals surface area contributed by atoms with Gasteiger partial charge in [0.25, 0.3) is 0 Å². The van der Waals surface area contributed by atoms with Crippen LogP contribution in [-0.2, 0) is 18.9 Å². The van der Waals surface area contributed by atoms with Gasteiger partial charge in [0.15, 0.2) is 0 Å². The maximum atomic E-state index is 13.4. The maximum absolute atomic E-state index is 13.4. The lowest BCUT2D eigenvalue weighted by Crippen LogP contribution is -2.43. The van der Waals surface area contributed by atoms with Crippen LogP contribution in [-0.4, -0.2) is 28.5 Å². The number of rotatable bonds is 5. The van der Waals surface area contributed by atoms with Crippen LogP contribution in [0.5, 0.6) is 0 Å². The highest BCUT2D eigenvalue weighted by Gasteiger charge is 2.68. The van der Waals surface area contributed by atoms with E-state index in [0.29, 0.717) is 6.42 Å². The van der Waals surface area contributed by atoms with Crippen molar-refractivity contribution in [2.45, 2.75) is 51.1 Å². The monoisotopic (exact) mass is 327 g/mol. The summed E-state index contributed by atoms with van der Waals surface area (Å²) < 4.78 is 35.1. The molecule has 0 aromatic carbocycles. The van der Waals surface area contributed by atoms with Crippen LogP contribution < -0.4 is 5.26 Å². The van der Waals surface area contributed by atoms with Gasteiger partial charge in [0.05, 0.1) is 6.10 Å². The molecule has 2 fully saturated rings. The molecule has 0 aromatic rings. The minimum atomic E-state index is -4.09. The Balaban J connectivity index is 2.09. The summed E-state index contributed by atoms with van der Waals surface area (Å²) in [6.07, 6.45) is -0.561. The summed E-state index contributed by atoms with van der Waals surface area (Å²) in [4.78, 5) is 11.5. The van der Waals surface area contributed by atoms with E-state index in [1.165, 1.54) is 0 Å². The number of hydrogen-bond donors (Lipinski definition) is 1. The number of fused-ring (bicyclic) bond motifs is 2. The number of aliphatic hydroxyl groups is 1. The van der Waals surface area contributed by atoms with Crippen molar-refractivity contribution in [3.8, 4) is 0 Å². The minimum Gasteiger partial charge on any atom is -0.691 e. The summed E-state index contributed by atoms with van der Waals surface area (Å²) in [6, 6.07) is 0. The lowest BCUT2D eigenvalue weighted by atomic mass is 9.70. The number of esters is 1. The first-order valence-electron chi connectivity index (χ1n) is 6.49. The first-order valence-corrected chi connectivity index (χ1v) is 7.23. The first kappa shape index (κ1) is 16.9. The van der Waals surface area contributed by atoms with Gasteiger partial charge in [-0.05, 0) is 18.3 Å². The fourth-order valence-electron chi connectivity index (χ4n) is 3.68. The Morgan fingerprint density at radius 3 is 2.52 bits per heavy atom. The van der Waals surface area contributed by atoms with Crippen LogP contribution in [0.4, 0.5) is 8.78 Å². The molecule has 0 amide bonds. The predicted molar refractivity (Wildman–Crippen MR) is 65.2 cm³/mol. The molecule has 6 nitrogen and oxygen atoms in total. The Morgan fingerprint density at radius 2 is 2.05 bits per heavy atom. The summed E-state index contributed by atoms with van der Waals surface area (Å²) in [5.41, 5.74) is -0.811. The summed E-state index contributed by atoms with van der Waals surface area (Å²) in [6.45, 7) is 5.73. The van der Waals surface area contributed by atoms with Gasteiger partial charge in [-0.3, -0.25) is 5.04 Å². The topological polar surface area (TPSA) is 88.1 Å². The standard InChI is InChI=1S/C12H18F2O6S/c1-10(2)6-4-5-11(10,3)8(15)7(6)18-9(16)12(13,14)21-20-19-17/h6-8,15,17H,4-5H2,1-3H3/p-1. The van der Waals surface area contributed by atoms with Gasteiger partial charge in [-0.25, -0.2) is 4.79 Å². The number of alkyl halides is 2. The Kier molecular flexibility index (Phi) is 4.27. The van der Waals surface area contributed by atoms with Crippen molar-refractivity contribution >= 4 is 18.0 Å². The third-order valence-corrected chi connectivity index (χ3v) is 5.88. The molecule has 0 spiro atoms. The molecule has 0 radical (unpaired) electrons. The van der Waals surface area contributed by atoms with Crippen LogP contribution in [0.3, 0.4) is 0 Å². The second-order valence-corrected chi connectivity index (χ2v) is 7.15. The van der Waals surface area contributed by atoms with E-state index in [2.05, 4.69) is 9.37 Å². The molecule has 0 aromatic heterocycles. The molecule has 0 heterocycles. The zero-order chi connectivity index (χ0) is 16.1. The van der Waals surface area contributed by atoms with Gasteiger partial charge in [0.1, 0.15) is 18.1 Å². The molecule has 4 atom stereocenters. The summed E-state index contributed by atoms with van der Waals surface area (Å²) in [5.74, 6) is -2.06. The van der Waals surface area contributed by atoms with Gasteiger partial charge in [-0.2, -0.15) is 13.1 Å². The largest absolute Gasteiger partial charge is 0.691 e. The first-order chi connectivity index (χ1) is 9.58. The Bertz CT molecular complexity index is 432. The zero-order valence-corrected chi connectivity index (χ0v) is 12.6. The van der Waals surface area contributed by atoms with Crippen LogP contribution in [0.2, 0.25) is 0 Å². The SMILES string of the molecule is CC1(C)C2CCC1(C)C(O)C2OC(=O)C(F)(F)SOO[O-]. The summed E-state index contributed by atoms with van der Waals surface area (Å²) in [7, 11) is 0. The van der Waals surface area contributed by atoms with Crippen molar-refractivity contribution in [1.29, 1.82) is 0 Å². The van der Waals surface area contributed by atoms with Gasteiger partial charge in [-0.1, -0.05) is 20.8 Å². The van der Waals surface area contributed by atoms with Gasteiger partial charge in [-0.15, -0.1) is 0 Å². The van der Waals surface area contributed by atoms with Crippen LogP contribution in [0.25, 0.3) is 0 Å². The Morgan fingerprint density at radius 1 is 1.43 bits per heavy atom. The van der Waals surface area contributed by atoms with E-state index in [1.807, 2.05) is 20.8 Å². The van der Waals surface area contributed by atoms with Crippen LogP contribution in [0.1, 0.15) is 33.6 Å². The molecule has 21 heavy (non-hydrogen) atoms. The van der Waals surface area contributed by atoms with Gasteiger partial charge in [0.2, 0.25) is 0 Å². The molecular weight excluding hydrogens is 310 g/mol. The fourth-order valence-corrected chi connectivity index (χ4v) is 3.91. The van der Waals surface area contributed by atoms with E-state index < -0.39 is 40.9 Å². The van der Waals surface area contributed by atoms with Crippen molar-refractivity contribution < 1.29 is 38.0 Å². The molecule has 0 aliphatic heterocycles. The van der Waals surface area contributed by atoms with Crippen molar-refractivity contribution in [2.75, 3.05) is 0 Å². The van der Waals surface area contributed by atoms with E-state index in [9.17, 15) is 23.9 Å². The van der Waals surface area contributed by atoms with E-state index >= 15 is 0 Å². The van der Waals surface area contributed by atoms with Crippen molar-refractivity contribution in [3.05, 3.63) is 0 Å². The van der Waals surface area contributed by atoms with E-state index in [-0.39, 0.29) is 11.3 Å². The Hall–Kier alpha value is -0.480. The van der Waals surface area contributed by atoms with Gasteiger partial charge in [0, 0.05) is 11.3 Å². The number of ether oxygens (including phenoxy) is 1. The highest BCUT2D eigenvalue weighted by Crippen LogP contribution is 2.66. The number of halogens is 2. The molecule has 0 saturated heterocycles. The summed E-state index contributed by atoms with van der Waals surface area (Å²) >= 11 is -0.734. The molecule has 2 rings (SSSR count). The number of hydrogen-bond acceptors (Lipinski definition) is 7. The van der Waals surface area contributed by atoms with Crippen molar-refractivity contribution in [3.63, 3.8) is 0 Å². The van der Waals surface area contributed by atoms with Crippen LogP contribution >= 0.6 is 12.0 Å². The number of carbonyl (C=O) groups excluding carboxylic acids is 1. The maximum Gasteiger partial charge on any atom is 0.415 e. The molecule has 2 saturated carbocycles. The second-order valence-electron chi connectivity index (χ2n) is 6.34. The van der Waals surface area contributed by atoms with E-state index in [1.54, 1.807) is 0 Å². The van der Waals surface area contributed by atoms with Crippen LogP contribution in [0, 0.1) is 16.7 Å². The third kappa shape index (κ3) is 2.44.